The van der Waals surface area contributed by atoms with Gasteiger partial charge in [-0.25, -0.2) is 0 Å². The van der Waals surface area contributed by atoms with Crippen molar-refractivity contribution in [1.29, 1.82) is 5.26 Å². The Balaban J connectivity index is 2.55. The maximum absolute atomic E-state index is 9.30. The van der Waals surface area contributed by atoms with Crippen LogP contribution in [0.15, 0.2) is 0 Å². The first-order chi connectivity index (χ1) is 9.61. The molecule has 1 rings (SSSR count). The van der Waals surface area contributed by atoms with Crippen LogP contribution < -0.4 is 5.73 Å². The number of rotatable bonds is 9. The molecule has 0 amide bonds. The Kier molecular flexibility index (Phi) is 7.50. The van der Waals surface area contributed by atoms with Gasteiger partial charge in [0.25, 0.3) is 0 Å². The van der Waals surface area contributed by atoms with E-state index in [-0.39, 0.29) is 0 Å². The van der Waals surface area contributed by atoms with Crippen molar-refractivity contribution in [3.8, 4) is 6.07 Å². The average Bonchev–Trinajstić information content (AvgIpc) is 2.84. The van der Waals surface area contributed by atoms with E-state index in [2.05, 4.69) is 24.8 Å². The van der Waals surface area contributed by atoms with Crippen molar-refractivity contribution in [2.75, 3.05) is 26.8 Å². The van der Waals surface area contributed by atoms with Crippen molar-refractivity contribution in [2.45, 2.75) is 64.0 Å². The van der Waals surface area contributed by atoms with Gasteiger partial charge in [0.1, 0.15) is 5.54 Å². The first-order valence-electron chi connectivity index (χ1n) is 8.04. The molecule has 0 aromatic heterocycles. The van der Waals surface area contributed by atoms with E-state index < -0.39 is 5.54 Å². The van der Waals surface area contributed by atoms with Crippen LogP contribution in [0.3, 0.4) is 0 Å². The first kappa shape index (κ1) is 17.4. The van der Waals surface area contributed by atoms with Gasteiger partial charge in [-0.1, -0.05) is 20.3 Å². The molecule has 0 aromatic carbocycles. The summed E-state index contributed by atoms with van der Waals surface area (Å²) in [5.74, 6) is 0.354. The van der Waals surface area contributed by atoms with E-state index in [1.165, 1.54) is 0 Å². The molecule has 2 atom stereocenters. The first-order valence-corrected chi connectivity index (χ1v) is 8.04. The van der Waals surface area contributed by atoms with Gasteiger partial charge in [0.05, 0.1) is 12.7 Å². The molecule has 4 heteroatoms. The molecule has 20 heavy (non-hydrogen) atoms. The Bertz CT molecular complexity index is 311. The summed E-state index contributed by atoms with van der Waals surface area (Å²) in [5, 5.41) is 9.30. The molecule has 1 fully saturated rings. The minimum Gasteiger partial charge on any atom is -0.383 e. The van der Waals surface area contributed by atoms with Crippen molar-refractivity contribution in [2.24, 2.45) is 11.7 Å². The summed E-state index contributed by atoms with van der Waals surface area (Å²) in [6.07, 6.45) is 6.41. The largest absolute Gasteiger partial charge is 0.383 e. The Morgan fingerprint density at radius 3 is 2.65 bits per heavy atom. The van der Waals surface area contributed by atoms with E-state index in [1.807, 2.05) is 0 Å². The number of hydrogen-bond acceptors (Lipinski definition) is 4. The van der Waals surface area contributed by atoms with E-state index in [0.717, 1.165) is 58.2 Å². The van der Waals surface area contributed by atoms with Crippen LogP contribution in [0.1, 0.15) is 52.4 Å². The quantitative estimate of drug-likeness (QED) is 0.705. The summed E-state index contributed by atoms with van der Waals surface area (Å²) in [7, 11) is 1.75. The van der Waals surface area contributed by atoms with Gasteiger partial charge < -0.3 is 10.5 Å². The number of nitrogens with zero attached hydrogens (tertiary/aromatic N) is 2. The Morgan fingerprint density at radius 1 is 1.40 bits per heavy atom. The highest BCUT2D eigenvalue weighted by Crippen LogP contribution is 2.35. The number of ether oxygens (including phenoxy) is 1. The van der Waals surface area contributed by atoms with Gasteiger partial charge in [-0.3, -0.25) is 4.90 Å². The molecule has 0 saturated heterocycles. The molecule has 4 nitrogen and oxygen atoms in total. The van der Waals surface area contributed by atoms with Gasteiger partial charge in [-0.15, -0.1) is 0 Å². The smallest absolute Gasteiger partial charge is 0.107 e. The van der Waals surface area contributed by atoms with Crippen LogP contribution in [0.25, 0.3) is 0 Å². The normalized spacial score (nSPS) is 26.4. The van der Waals surface area contributed by atoms with E-state index in [4.69, 9.17) is 10.5 Å². The second kappa shape index (κ2) is 8.61. The van der Waals surface area contributed by atoms with Crippen LogP contribution in [0.5, 0.6) is 0 Å². The Labute approximate surface area is 124 Å². The molecule has 0 aliphatic heterocycles. The van der Waals surface area contributed by atoms with Crippen LogP contribution in [0.4, 0.5) is 0 Å². The highest BCUT2D eigenvalue weighted by Gasteiger charge is 2.39. The van der Waals surface area contributed by atoms with Gasteiger partial charge in [-0.2, -0.15) is 5.26 Å². The molecule has 1 aliphatic carbocycles. The standard InChI is InChI=1S/C16H31N3O/c1-4-15(5-2)19(11-12-20-3)10-8-14-7-6-9-16(14,18)13-17/h14-15H,4-12,18H2,1-3H3. The predicted octanol–water partition coefficient (Wildman–Crippen LogP) is 2.53. The molecule has 1 aliphatic rings. The fourth-order valence-corrected chi connectivity index (χ4v) is 3.46. The van der Waals surface area contributed by atoms with Crippen molar-refractivity contribution >= 4 is 0 Å². The van der Waals surface area contributed by atoms with Gasteiger partial charge in [0.2, 0.25) is 0 Å². The fourth-order valence-electron chi connectivity index (χ4n) is 3.46. The zero-order chi connectivity index (χ0) is 15.0. The molecule has 0 spiro atoms. The monoisotopic (exact) mass is 281 g/mol. The third-order valence-corrected chi connectivity index (χ3v) is 4.89. The summed E-state index contributed by atoms with van der Waals surface area (Å²) >= 11 is 0. The summed E-state index contributed by atoms with van der Waals surface area (Å²) in [5.41, 5.74) is 5.64. The lowest BCUT2D eigenvalue weighted by Crippen LogP contribution is -2.44. The van der Waals surface area contributed by atoms with Crippen LogP contribution >= 0.6 is 0 Å². The molecule has 2 N–H and O–H groups in total. The topological polar surface area (TPSA) is 62.3 Å². The van der Waals surface area contributed by atoms with Crippen LogP contribution in [-0.4, -0.2) is 43.3 Å². The molecule has 1 saturated carbocycles. The van der Waals surface area contributed by atoms with E-state index in [0.29, 0.717) is 12.0 Å². The number of hydrogen-bond donors (Lipinski definition) is 1. The van der Waals surface area contributed by atoms with Gasteiger partial charge in [0, 0.05) is 19.7 Å². The summed E-state index contributed by atoms with van der Waals surface area (Å²) < 4.78 is 5.23. The lowest BCUT2D eigenvalue weighted by atomic mass is 9.87. The average molecular weight is 281 g/mol. The molecule has 0 aromatic rings. The fraction of sp³-hybridized carbons (Fsp3) is 0.938. The van der Waals surface area contributed by atoms with Gasteiger partial charge in [0.15, 0.2) is 0 Å². The second-order valence-electron chi connectivity index (χ2n) is 6.03. The minimum atomic E-state index is -0.582. The maximum atomic E-state index is 9.30. The zero-order valence-corrected chi connectivity index (χ0v) is 13.4. The molecule has 2 unspecified atom stereocenters. The van der Waals surface area contributed by atoms with Crippen LogP contribution in [-0.2, 0) is 4.74 Å². The Hall–Kier alpha value is -0.630. The SMILES string of the molecule is CCC(CC)N(CCOC)CCC1CCCC1(N)C#N. The van der Waals surface area contributed by atoms with Crippen LogP contribution in [0, 0.1) is 17.2 Å². The summed E-state index contributed by atoms with van der Waals surface area (Å²) in [6.45, 7) is 7.26. The molecule has 0 bridgehead atoms. The van der Waals surface area contributed by atoms with Crippen molar-refractivity contribution in [3.05, 3.63) is 0 Å². The second-order valence-corrected chi connectivity index (χ2v) is 6.03. The van der Waals surface area contributed by atoms with Crippen molar-refractivity contribution in [3.63, 3.8) is 0 Å². The summed E-state index contributed by atoms with van der Waals surface area (Å²) in [6, 6.07) is 2.96. The summed E-state index contributed by atoms with van der Waals surface area (Å²) in [4.78, 5) is 2.51. The zero-order valence-electron chi connectivity index (χ0n) is 13.4. The molecular weight excluding hydrogens is 250 g/mol. The van der Waals surface area contributed by atoms with E-state index >= 15 is 0 Å². The molecule has 0 heterocycles. The lowest BCUT2D eigenvalue weighted by molar-refractivity contribution is 0.108. The van der Waals surface area contributed by atoms with Crippen molar-refractivity contribution in [1.82, 2.24) is 4.90 Å². The number of nitriles is 1. The number of methoxy groups -OCH3 is 1. The van der Waals surface area contributed by atoms with Gasteiger partial charge in [-0.05, 0) is 44.6 Å². The maximum Gasteiger partial charge on any atom is 0.107 e. The minimum absolute atomic E-state index is 0.354. The third kappa shape index (κ3) is 4.44. The third-order valence-electron chi connectivity index (χ3n) is 4.89. The number of nitrogens with two attached hydrogens (primary N) is 1. The van der Waals surface area contributed by atoms with Crippen LogP contribution in [0.2, 0.25) is 0 Å². The highest BCUT2D eigenvalue weighted by molar-refractivity contribution is 5.12. The molecule has 116 valence electrons. The van der Waals surface area contributed by atoms with E-state index in [9.17, 15) is 5.26 Å². The van der Waals surface area contributed by atoms with Gasteiger partial charge >= 0.3 is 0 Å². The Morgan fingerprint density at radius 2 is 2.10 bits per heavy atom. The lowest BCUT2D eigenvalue weighted by Gasteiger charge is -2.33. The van der Waals surface area contributed by atoms with Crippen molar-refractivity contribution < 1.29 is 4.74 Å². The predicted molar refractivity (Wildman–Crippen MR) is 82.3 cm³/mol. The molecular formula is C16H31N3O. The molecule has 0 radical (unpaired) electrons. The highest BCUT2D eigenvalue weighted by atomic mass is 16.5. The van der Waals surface area contributed by atoms with E-state index in [1.54, 1.807) is 7.11 Å².